The topological polar surface area (TPSA) is 58.2 Å². The van der Waals surface area contributed by atoms with E-state index in [1.165, 1.54) is 18.2 Å². The minimum Gasteiger partial charge on any atom is -0.352 e. The number of halogens is 2. The number of carbonyl (C=O) groups is 2. The number of nitrogens with one attached hydrogen (secondary N) is 2. The molecule has 26 heavy (non-hydrogen) atoms. The number of aryl methyl sites for hydroxylation is 1. The van der Waals surface area contributed by atoms with Crippen molar-refractivity contribution in [3.63, 3.8) is 0 Å². The number of anilines is 1. The van der Waals surface area contributed by atoms with Crippen molar-refractivity contribution in [2.24, 2.45) is 0 Å². The first-order chi connectivity index (χ1) is 12.3. The molecular weight excluding hydrogens is 399 g/mol. The van der Waals surface area contributed by atoms with Gasteiger partial charge in [0.15, 0.2) is 0 Å². The maximum atomic E-state index is 12.9. The molecule has 2 rings (SSSR count). The summed E-state index contributed by atoms with van der Waals surface area (Å²) >= 11 is 3.37. The third-order valence-electron chi connectivity index (χ3n) is 3.77. The highest BCUT2D eigenvalue weighted by atomic mass is 79.9. The van der Waals surface area contributed by atoms with Crippen molar-refractivity contribution >= 4 is 39.0 Å². The second kappa shape index (κ2) is 9.29. The molecular formula is C20H20BrFN2O2. The second-order valence-corrected chi connectivity index (χ2v) is 6.80. The molecule has 0 bridgehead atoms. The van der Waals surface area contributed by atoms with Crippen molar-refractivity contribution in [2.45, 2.75) is 20.3 Å². The third-order valence-corrected chi connectivity index (χ3v) is 4.27. The van der Waals surface area contributed by atoms with E-state index in [2.05, 4.69) is 26.6 Å². The SMILES string of the molecule is C/C(=C\C(=O)NCCC(=O)Nc1cc(Br)ccc1C)c1ccc(F)cc1. The summed E-state index contributed by atoms with van der Waals surface area (Å²) in [6.07, 6.45) is 1.60. The van der Waals surface area contributed by atoms with Gasteiger partial charge in [0, 0.05) is 29.2 Å². The average Bonchev–Trinajstić information content (AvgIpc) is 2.58. The molecule has 0 aromatic heterocycles. The van der Waals surface area contributed by atoms with E-state index in [1.807, 2.05) is 25.1 Å². The highest BCUT2D eigenvalue weighted by Gasteiger charge is 2.07. The number of amides is 2. The first kappa shape index (κ1) is 19.8. The maximum Gasteiger partial charge on any atom is 0.244 e. The number of allylic oxidation sites excluding steroid dienone is 1. The first-order valence-corrected chi connectivity index (χ1v) is 8.92. The van der Waals surface area contributed by atoms with E-state index < -0.39 is 0 Å². The third kappa shape index (κ3) is 6.11. The molecule has 2 aromatic rings. The lowest BCUT2D eigenvalue weighted by molar-refractivity contribution is -0.117. The summed E-state index contributed by atoms with van der Waals surface area (Å²) < 4.78 is 13.8. The van der Waals surface area contributed by atoms with Gasteiger partial charge in [0.05, 0.1) is 0 Å². The van der Waals surface area contributed by atoms with Gasteiger partial charge in [-0.1, -0.05) is 34.1 Å². The van der Waals surface area contributed by atoms with Crippen LogP contribution in [0.5, 0.6) is 0 Å². The van der Waals surface area contributed by atoms with Crippen molar-refractivity contribution in [1.29, 1.82) is 0 Å². The molecule has 0 aliphatic carbocycles. The molecule has 0 heterocycles. The first-order valence-electron chi connectivity index (χ1n) is 8.13. The van der Waals surface area contributed by atoms with Gasteiger partial charge in [-0.15, -0.1) is 0 Å². The summed E-state index contributed by atoms with van der Waals surface area (Å²) in [5.74, 6) is -0.790. The number of hydrogen-bond acceptors (Lipinski definition) is 2. The smallest absolute Gasteiger partial charge is 0.244 e. The number of benzene rings is 2. The predicted octanol–water partition coefficient (Wildman–Crippen LogP) is 4.44. The quantitative estimate of drug-likeness (QED) is 0.680. The molecule has 0 unspecified atom stereocenters. The van der Waals surface area contributed by atoms with Crippen molar-refractivity contribution in [3.05, 3.63) is 70.0 Å². The summed E-state index contributed by atoms with van der Waals surface area (Å²) in [6.45, 7) is 3.91. The Balaban J connectivity index is 1.82. The molecule has 6 heteroatoms. The Morgan fingerprint density at radius 1 is 1.15 bits per heavy atom. The van der Waals surface area contributed by atoms with Crippen LogP contribution in [-0.4, -0.2) is 18.4 Å². The lowest BCUT2D eigenvalue weighted by Crippen LogP contribution is -2.26. The molecule has 0 atom stereocenters. The fourth-order valence-corrected chi connectivity index (χ4v) is 2.65. The van der Waals surface area contributed by atoms with Crippen LogP contribution in [0.3, 0.4) is 0 Å². The van der Waals surface area contributed by atoms with E-state index in [1.54, 1.807) is 19.1 Å². The van der Waals surface area contributed by atoms with Gasteiger partial charge in [-0.3, -0.25) is 9.59 Å². The van der Waals surface area contributed by atoms with Gasteiger partial charge in [-0.25, -0.2) is 4.39 Å². The fraction of sp³-hybridized carbons (Fsp3) is 0.200. The van der Waals surface area contributed by atoms with E-state index in [-0.39, 0.29) is 30.6 Å². The van der Waals surface area contributed by atoms with E-state index in [4.69, 9.17) is 0 Å². The lowest BCUT2D eigenvalue weighted by atomic mass is 10.1. The Morgan fingerprint density at radius 3 is 2.54 bits per heavy atom. The van der Waals surface area contributed by atoms with Crippen LogP contribution in [0, 0.1) is 12.7 Å². The normalized spacial score (nSPS) is 11.2. The zero-order chi connectivity index (χ0) is 19.1. The average molecular weight is 419 g/mol. The largest absolute Gasteiger partial charge is 0.352 e. The van der Waals surface area contributed by atoms with Crippen molar-refractivity contribution in [1.82, 2.24) is 5.32 Å². The van der Waals surface area contributed by atoms with Gasteiger partial charge >= 0.3 is 0 Å². The van der Waals surface area contributed by atoms with E-state index in [0.29, 0.717) is 0 Å². The number of rotatable bonds is 6. The van der Waals surface area contributed by atoms with Gasteiger partial charge in [0.25, 0.3) is 0 Å². The molecule has 136 valence electrons. The van der Waals surface area contributed by atoms with E-state index >= 15 is 0 Å². The molecule has 0 saturated heterocycles. The number of carbonyl (C=O) groups excluding carboxylic acids is 2. The molecule has 0 fully saturated rings. The highest BCUT2D eigenvalue weighted by Crippen LogP contribution is 2.20. The molecule has 0 spiro atoms. The zero-order valence-electron chi connectivity index (χ0n) is 14.6. The van der Waals surface area contributed by atoms with E-state index in [0.717, 1.165) is 26.9 Å². The molecule has 0 aliphatic rings. The van der Waals surface area contributed by atoms with Crippen LogP contribution in [0.2, 0.25) is 0 Å². The van der Waals surface area contributed by atoms with Gasteiger partial charge in [-0.05, 0) is 54.8 Å². The fourth-order valence-electron chi connectivity index (χ4n) is 2.28. The molecule has 2 amide bonds. The second-order valence-electron chi connectivity index (χ2n) is 5.88. The molecule has 4 nitrogen and oxygen atoms in total. The van der Waals surface area contributed by atoms with Crippen molar-refractivity contribution < 1.29 is 14.0 Å². The molecule has 2 N–H and O–H groups in total. The van der Waals surface area contributed by atoms with Gasteiger partial charge < -0.3 is 10.6 Å². The summed E-state index contributed by atoms with van der Waals surface area (Å²) in [4.78, 5) is 23.9. The van der Waals surface area contributed by atoms with Crippen LogP contribution >= 0.6 is 15.9 Å². The van der Waals surface area contributed by atoms with Crippen LogP contribution in [0.4, 0.5) is 10.1 Å². The summed E-state index contributed by atoms with van der Waals surface area (Å²) in [7, 11) is 0. The Morgan fingerprint density at radius 2 is 1.85 bits per heavy atom. The lowest BCUT2D eigenvalue weighted by Gasteiger charge is -2.09. The maximum absolute atomic E-state index is 12.9. The molecule has 0 aliphatic heterocycles. The molecule has 0 radical (unpaired) electrons. The highest BCUT2D eigenvalue weighted by molar-refractivity contribution is 9.10. The van der Waals surface area contributed by atoms with E-state index in [9.17, 15) is 14.0 Å². The zero-order valence-corrected chi connectivity index (χ0v) is 16.2. The predicted molar refractivity (Wildman–Crippen MR) is 105 cm³/mol. The van der Waals surface area contributed by atoms with Gasteiger partial charge in [0.2, 0.25) is 11.8 Å². The Bertz CT molecular complexity index is 832. The van der Waals surface area contributed by atoms with Crippen LogP contribution in [0.25, 0.3) is 5.57 Å². The van der Waals surface area contributed by atoms with Crippen LogP contribution < -0.4 is 10.6 Å². The summed E-state index contributed by atoms with van der Waals surface area (Å²) in [5.41, 5.74) is 3.19. The van der Waals surface area contributed by atoms with Crippen LogP contribution in [0.1, 0.15) is 24.5 Å². The van der Waals surface area contributed by atoms with Crippen molar-refractivity contribution in [3.8, 4) is 0 Å². The standard InChI is InChI=1S/C20H20BrFN2O2/c1-13-3-6-16(21)12-18(13)24-19(25)9-10-23-20(26)11-14(2)15-4-7-17(22)8-5-15/h3-8,11-12H,9-10H2,1-2H3,(H,23,26)(H,24,25)/b14-11+. The van der Waals surface area contributed by atoms with Gasteiger partial charge in [-0.2, -0.15) is 0 Å². The van der Waals surface area contributed by atoms with Crippen LogP contribution in [0.15, 0.2) is 53.0 Å². The molecule has 2 aromatic carbocycles. The summed E-state index contributed by atoms with van der Waals surface area (Å²) in [5, 5.41) is 5.50. The Hall–Kier alpha value is -2.47. The van der Waals surface area contributed by atoms with Crippen molar-refractivity contribution in [2.75, 3.05) is 11.9 Å². The van der Waals surface area contributed by atoms with Crippen LogP contribution in [-0.2, 0) is 9.59 Å². The van der Waals surface area contributed by atoms with Gasteiger partial charge in [0.1, 0.15) is 5.82 Å². The minimum atomic E-state index is -0.322. The number of hydrogen-bond donors (Lipinski definition) is 2. The minimum absolute atomic E-state index is 0.168. The Kier molecular flexibility index (Phi) is 7.09. The summed E-state index contributed by atoms with van der Waals surface area (Å²) in [6, 6.07) is 11.6. The Labute approximate surface area is 160 Å². The molecule has 0 saturated carbocycles. The monoisotopic (exact) mass is 418 g/mol.